The van der Waals surface area contributed by atoms with Crippen LogP contribution in [-0.4, -0.2) is 48.7 Å². The molecular weight excluding hydrogens is 246 g/mol. The van der Waals surface area contributed by atoms with Crippen LogP contribution in [0.4, 0.5) is 0 Å². The zero-order valence-corrected chi connectivity index (χ0v) is 11.5. The Kier molecular flexibility index (Phi) is 4.29. The number of nitrogens with two attached hydrogens (primary N) is 1. The van der Waals surface area contributed by atoms with Crippen molar-refractivity contribution in [1.82, 2.24) is 4.90 Å². The summed E-state index contributed by atoms with van der Waals surface area (Å²) in [6, 6.07) is 0. The Morgan fingerprint density at radius 1 is 1.53 bits per heavy atom. The molecule has 0 bridgehead atoms. The number of piperidine rings is 1. The Balaban J connectivity index is 2.06. The largest absolute Gasteiger partial charge is 0.409 e. The minimum Gasteiger partial charge on any atom is -0.409 e. The van der Waals surface area contributed by atoms with Crippen molar-refractivity contribution in [2.75, 3.05) is 26.8 Å². The van der Waals surface area contributed by atoms with Crippen LogP contribution in [0.15, 0.2) is 5.16 Å². The SMILES string of the molecule is COCC1CCCN(C(=O)C2(C(N)=NO)CCC2)C1. The van der Waals surface area contributed by atoms with E-state index in [1.165, 1.54) is 0 Å². The molecular formula is C13H23N3O3. The van der Waals surface area contributed by atoms with Gasteiger partial charge in [-0.25, -0.2) is 0 Å². The fourth-order valence-electron chi connectivity index (χ4n) is 3.13. The molecule has 1 saturated carbocycles. The summed E-state index contributed by atoms with van der Waals surface area (Å²) in [5, 5.41) is 12.0. The third-order valence-corrected chi connectivity index (χ3v) is 4.42. The molecule has 2 fully saturated rings. The van der Waals surface area contributed by atoms with Crippen molar-refractivity contribution in [2.24, 2.45) is 22.2 Å². The fourth-order valence-corrected chi connectivity index (χ4v) is 3.13. The van der Waals surface area contributed by atoms with Crippen LogP contribution in [0.25, 0.3) is 0 Å². The number of ether oxygens (including phenoxy) is 1. The van der Waals surface area contributed by atoms with Gasteiger partial charge in [-0.3, -0.25) is 4.79 Å². The zero-order valence-electron chi connectivity index (χ0n) is 11.5. The van der Waals surface area contributed by atoms with E-state index in [1.807, 2.05) is 4.90 Å². The summed E-state index contributed by atoms with van der Waals surface area (Å²) in [6.45, 7) is 2.16. The van der Waals surface area contributed by atoms with Crippen LogP contribution in [0, 0.1) is 11.3 Å². The highest BCUT2D eigenvalue weighted by molar-refractivity contribution is 6.07. The van der Waals surface area contributed by atoms with Gasteiger partial charge in [-0.2, -0.15) is 0 Å². The summed E-state index contributed by atoms with van der Waals surface area (Å²) in [5.41, 5.74) is 5.00. The standard InChI is InChI=1S/C13H23N3O3/c1-19-9-10-4-2-7-16(8-10)12(17)13(5-3-6-13)11(14)15-18/h10,18H,2-9H2,1H3,(H2,14,15). The Morgan fingerprint density at radius 2 is 2.26 bits per heavy atom. The third-order valence-electron chi connectivity index (χ3n) is 4.42. The van der Waals surface area contributed by atoms with Gasteiger partial charge >= 0.3 is 0 Å². The van der Waals surface area contributed by atoms with Crippen molar-refractivity contribution < 1.29 is 14.7 Å². The van der Waals surface area contributed by atoms with Gasteiger partial charge in [-0.05, 0) is 31.6 Å². The molecule has 0 aromatic rings. The van der Waals surface area contributed by atoms with Crippen molar-refractivity contribution in [3.05, 3.63) is 0 Å². The summed E-state index contributed by atoms with van der Waals surface area (Å²) in [6.07, 6.45) is 4.41. The predicted octanol–water partition coefficient (Wildman–Crippen LogP) is 0.788. The molecule has 2 aliphatic rings. The first-order valence-electron chi connectivity index (χ1n) is 6.90. The summed E-state index contributed by atoms with van der Waals surface area (Å²) in [7, 11) is 1.69. The van der Waals surface area contributed by atoms with Crippen LogP contribution in [-0.2, 0) is 9.53 Å². The number of carbonyl (C=O) groups is 1. The molecule has 2 rings (SSSR count). The predicted molar refractivity (Wildman–Crippen MR) is 70.9 cm³/mol. The first-order chi connectivity index (χ1) is 9.14. The Labute approximate surface area is 113 Å². The van der Waals surface area contributed by atoms with Gasteiger partial charge in [0.1, 0.15) is 5.41 Å². The topological polar surface area (TPSA) is 88.2 Å². The first kappa shape index (κ1) is 14.1. The smallest absolute Gasteiger partial charge is 0.236 e. The van der Waals surface area contributed by atoms with Crippen molar-refractivity contribution in [2.45, 2.75) is 32.1 Å². The van der Waals surface area contributed by atoms with Gasteiger partial charge in [0.05, 0.1) is 6.61 Å². The van der Waals surface area contributed by atoms with Gasteiger partial charge in [0.15, 0.2) is 5.84 Å². The Hall–Kier alpha value is -1.30. The molecule has 1 saturated heterocycles. The van der Waals surface area contributed by atoms with E-state index in [-0.39, 0.29) is 11.7 Å². The second-order valence-corrected chi connectivity index (χ2v) is 5.64. The summed E-state index contributed by atoms with van der Waals surface area (Å²) < 4.78 is 5.18. The van der Waals surface area contributed by atoms with Crippen LogP contribution in [0.5, 0.6) is 0 Å². The van der Waals surface area contributed by atoms with Crippen LogP contribution in [0.2, 0.25) is 0 Å². The highest BCUT2D eigenvalue weighted by atomic mass is 16.5. The molecule has 1 amide bonds. The number of amidine groups is 1. The molecule has 19 heavy (non-hydrogen) atoms. The number of nitrogens with zero attached hydrogens (tertiary/aromatic N) is 2. The average Bonchev–Trinajstić information content (AvgIpc) is 2.37. The molecule has 1 aliphatic heterocycles. The second-order valence-electron chi connectivity index (χ2n) is 5.64. The van der Waals surface area contributed by atoms with Crippen LogP contribution in [0.3, 0.4) is 0 Å². The maximum Gasteiger partial charge on any atom is 0.236 e. The molecule has 6 heteroatoms. The molecule has 1 atom stereocenters. The Morgan fingerprint density at radius 3 is 2.79 bits per heavy atom. The van der Waals surface area contributed by atoms with Crippen molar-refractivity contribution in [3.8, 4) is 0 Å². The lowest BCUT2D eigenvalue weighted by molar-refractivity contribution is -0.144. The number of hydrogen-bond donors (Lipinski definition) is 2. The summed E-state index contributed by atoms with van der Waals surface area (Å²) >= 11 is 0. The van der Waals surface area contributed by atoms with E-state index in [9.17, 15) is 4.79 Å². The van der Waals surface area contributed by atoms with Gasteiger partial charge in [-0.1, -0.05) is 11.6 Å². The quantitative estimate of drug-likeness (QED) is 0.342. The van der Waals surface area contributed by atoms with E-state index >= 15 is 0 Å². The zero-order chi connectivity index (χ0) is 13.9. The average molecular weight is 269 g/mol. The van der Waals surface area contributed by atoms with E-state index in [2.05, 4.69) is 5.16 Å². The van der Waals surface area contributed by atoms with Crippen LogP contribution < -0.4 is 5.73 Å². The number of carbonyl (C=O) groups excluding carboxylic acids is 1. The third kappa shape index (κ3) is 2.54. The molecule has 0 aromatic carbocycles. The van der Waals surface area contributed by atoms with Crippen molar-refractivity contribution in [1.29, 1.82) is 0 Å². The lowest BCUT2D eigenvalue weighted by Gasteiger charge is -2.44. The fraction of sp³-hybridized carbons (Fsp3) is 0.846. The number of hydrogen-bond acceptors (Lipinski definition) is 4. The molecule has 6 nitrogen and oxygen atoms in total. The highest BCUT2D eigenvalue weighted by Crippen LogP contribution is 2.43. The van der Waals surface area contributed by atoms with Gasteiger partial charge in [0.25, 0.3) is 0 Å². The van der Waals surface area contributed by atoms with Crippen molar-refractivity contribution in [3.63, 3.8) is 0 Å². The van der Waals surface area contributed by atoms with Gasteiger partial charge in [0, 0.05) is 20.2 Å². The van der Waals surface area contributed by atoms with Gasteiger partial charge in [0.2, 0.25) is 5.91 Å². The van der Waals surface area contributed by atoms with E-state index in [1.54, 1.807) is 7.11 Å². The highest BCUT2D eigenvalue weighted by Gasteiger charge is 2.50. The van der Waals surface area contributed by atoms with E-state index in [0.29, 0.717) is 31.9 Å². The second kappa shape index (κ2) is 5.77. The normalized spacial score (nSPS) is 26.9. The molecule has 1 unspecified atom stereocenters. The lowest BCUT2D eigenvalue weighted by Crippen LogP contribution is -2.57. The lowest BCUT2D eigenvalue weighted by atomic mass is 9.66. The maximum atomic E-state index is 12.7. The molecule has 1 heterocycles. The molecule has 1 aliphatic carbocycles. The number of likely N-dealkylation sites (tertiary alicyclic amines) is 1. The molecule has 0 spiro atoms. The minimum atomic E-state index is -0.746. The van der Waals surface area contributed by atoms with E-state index in [0.717, 1.165) is 25.8 Å². The Bertz CT molecular complexity index is 364. The van der Waals surface area contributed by atoms with E-state index < -0.39 is 5.41 Å². The molecule has 108 valence electrons. The first-order valence-corrected chi connectivity index (χ1v) is 6.90. The number of oxime groups is 1. The summed E-state index contributed by atoms with van der Waals surface area (Å²) in [4.78, 5) is 14.5. The van der Waals surface area contributed by atoms with Gasteiger partial charge < -0.3 is 20.6 Å². The van der Waals surface area contributed by atoms with E-state index in [4.69, 9.17) is 15.7 Å². The monoisotopic (exact) mass is 269 g/mol. The number of methoxy groups -OCH3 is 1. The number of amides is 1. The van der Waals surface area contributed by atoms with Crippen LogP contribution in [0.1, 0.15) is 32.1 Å². The molecule has 0 aromatic heterocycles. The maximum absolute atomic E-state index is 12.7. The minimum absolute atomic E-state index is 0.0230. The van der Waals surface area contributed by atoms with Crippen molar-refractivity contribution >= 4 is 11.7 Å². The van der Waals surface area contributed by atoms with Crippen LogP contribution >= 0.6 is 0 Å². The molecule has 0 radical (unpaired) electrons. The summed E-state index contributed by atoms with van der Waals surface area (Å²) in [5.74, 6) is 0.486. The van der Waals surface area contributed by atoms with Gasteiger partial charge in [-0.15, -0.1) is 0 Å². The molecule has 3 N–H and O–H groups in total. The number of rotatable bonds is 4.